The zero-order valence-corrected chi connectivity index (χ0v) is 22.0. The highest BCUT2D eigenvalue weighted by Gasteiger charge is 2.27. The molecule has 0 heterocycles. The average Bonchev–Trinajstić information content (AvgIpc) is 3.12. The lowest BCUT2D eigenvalue weighted by Crippen LogP contribution is -2.29. The number of nitriles is 1. The van der Waals surface area contributed by atoms with Crippen molar-refractivity contribution in [2.75, 3.05) is 12.0 Å². The zero-order chi connectivity index (χ0) is 27.4. The molecule has 0 fully saturated rings. The van der Waals surface area contributed by atoms with Crippen molar-refractivity contribution >= 4 is 28.8 Å². The number of fused-ring (bicyclic) bond motifs is 2. The molecule has 5 nitrogen and oxygen atoms in total. The van der Waals surface area contributed by atoms with Gasteiger partial charge in [0.25, 0.3) is 0 Å². The zero-order valence-electron chi connectivity index (χ0n) is 22.0. The van der Waals surface area contributed by atoms with Crippen LogP contribution in [0.15, 0.2) is 97.1 Å². The molecule has 0 bridgehead atoms. The van der Waals surface area contributed by atoms with Crippen LogP contribution in [0.1, 0.15) is 34.2 Å². The lowest BCUT2D eigenvalue weighted by Gasteiger charge is -2.27. The van der Waals surface area contributed by atoms with Crippen molar-refractivity contribution in [1.29, 1.82) is 5.26 Å². The minimum Gasteiger partial charge on any atom is -0.469 e. The highest BCUT2D eigenvalue weighted by Crippen LogP contribution is 2.40. The third-order valence-corrected chi connectivity index (χ3v) is 7.25. The Bertz CT molecular complexity index is 1630. The summed E-state index contributed by atoms with van der Waals surface area (Å²) < 4.78 is 4.83. The topological polar surface area (TPSA) is 70.4 Å². The molecule has 5 rings (SSSR count). The monoisotopic (exact) mass is 512 g/mol. The first kappa shape index (κ1) is 25.7. The summed E-state index contributed by atoms with van der Waals surface area (Å²) in [6.45, 7) is 2.01. The van der Waals surface area contributed by atoms with Gasteiger partial charge in [-0.3, -0.25) is 14.5 Å². The quantitative estimate of drug-likeness (QED) is 0.165. The van der Waals surface area contributed by atoms with Crippen molar-refractivity contribution in [2.45, 2.75) is 26.2 Å². The Morgan fingerprint density at radius 2 is 1.64 bits per heavy atom. The van der Waals surface area contributed by atoms with Crippen LogP contribution in [0.3, 0.4) is 0 Å². The number of hydrogen-bond acceptors (Lipinski definition) is 4. The summed E-state index contributed by atoms with van der Waals surface area (Å²) in [6.07, 6.45) is 2.80. The van der Waals surface area contributed by atoms with Crippen molar-refractivity contribution in [3.8, 4) is 17.2 Å². The Hall–Kier alpha value is -4.95. The molecular formula is C34H28N2O3. The van der Waals surface area contributed by atoms with E-state index in [0.717, 1.165) is 51.8 Å². The average molecular weight is 513 g/mol. The van der Waals surface area contributed by atoms with Crippen molar-refractivity contribution in [3.63, 3.8) is 0 Å². The molecule has 39 heavy (non-hydrogen) atoms. The minimum atomic E-state index is -0.591. The van der Waals surface area contributed by atoms with Crippen LogP contribution in [0.5, 0.6) is 0 Å². The van der Waals surface area contributed by atoms with Crippen LogP contribution < -0.4 is 4.90 Å². The summed E-state index contributed by atoms with van der Waals surface area (Å²) in [5.41, 5.74) is 9.49. The predicted molar refractivity (Wildman–Crippen MR) is 153 cm³/mol. The van der Waals surface area contributed by atoms with E-state index in [0.29, 0.717) is 11.4 Å². The van der Waals surface area contributed by atoms with Crippen LogP contribution in [0.25, 0.3) is 16.7 Å². The molecule has 0 saturated heterocycles. The number of rotatable bonds is 5. The fraction of sp³-hybridized carbons (Fsp3) is 0.147. The Kier molecular flexibility index (Phi) is 7.38. The standard InChI is InChI=1S/C34H28N2O3/c1-23-28-16-15-25-11-6-7-14-29(25)31(19-20-35)30(28)17-18-32(23)36(33(37)22-34(38)39-2)27-13-8-12-26(21-27)24-9-4-3-5-10-24/h3-14,17-19,21H,15-16,22H2,1-2H3. The number of carbonyl (C=O) groups is 2. The van der Waals surface area contributed by atoms with Crippen LogP contribution in [-0.2, 0) is 27.2 Å². The molecule has 0 aliphatic heterocycles. The molecule has 0 N–H and O–H groups in total. The van der Waals surface area contributed by atoms with Crippen LogP contribution in [0, 0.1) is 18.3 Å². The van der Waals surface area contributed by atoms with E-state index in [1.165, 1.54) is 12.7 Å². The number of carbonyl (C=O) groups excluding carboxylic acids is 2. The van der Waals surface area contributed by atoms with Crippen molar-refractivity contribution in [1.82, 2.24) is 0 Å². The molecule has 0 saturated carbocycles. The third kappa shape index (κ3) is 5.10. The highest BCUT2D eigenvalue weighted by atomic mass is 16.5. The lowest BCUT2D eigenvalue weighted by molar-refractivity contribution is -0.143. The second kappa shape index (κ2) is 11.2. The molecule has 0 radical (unpaired) electrons. The number of ether oxygens (including phenoxy) is 1. The molecule has 4 aromatic rings. The Balaban J connectivity index is 1.66. The molecule has 0 unspecified atom stereocenters. The number of methoxy groups -OCH3 is 1. The van der Waals surface area contributed by atoms with Crippen molar-refractivity contribution in [3.05, 3.63) is 125 Å². The van der Waals surface area contributed by atoms with Crippen LogP contribution in [0.4, 0.5) is 11.4 Å². The third-order valence-electron chi connectivity index (χ3n) is 7.25. The van der Waals surface area contributed by atoms with Gasteiger partial charge in [-0.05, 0) is 82.5 Å². The molecule has 4 aromatic carbocycles. The molecule has 0 atom stereocenters. The van der Waals surface area contributed by atoms with Gasteiger partial charge in [-0.25, -0.2) is 0 Å². The summed E-state index contributed by atoms with van der Waals surface area (Å²) in [6, 6.07) is 32.0. The second-order valence-electron chi connectivity index (χ2n) is 9.48. The van der Waals surface area contributed by atoms with Gasteiger partial charge in [0.15, 0.2) is 0 Å². The smallest absolute Gasteiger partial charge is 0.315 e. The maximum absolute atomic E-state index is 13.7. The van der Waals surface area contributed by atoms with E-state index in [1.807, 2.05) is 85.8 Å². The predicted octanol–water partition coefficient (Wildman–Crippen LogP) is 6.94. The van der Waals surface area contributed by atoms with E-state index in [9.17, 15) is 14.9 Å². The van der Waals surface area contributed by atoms with E-state index >= 15 is 0 Å². The number of benzene rings is 4. The normalized spacial score (nSPS) is 13.0. The number of anilines is 2. The summed E-state index contributed by atoms with van der Waals surface area (Å²) in [5.74, 6) is -0.967. The van der Waals surface area contributed by atoms with Gasteiger partial charge in [0, 0.05) is 11.8 Å². The highest BCUT2D eigenvalue weighted by molar-refractivity contribution is 6.09. The first-order chi connectivity index (χ1) is 19.0. The van der Waals surface area contributed by atoms with E-state index in [4.69, 9.17) is 4.74 Å². The maximum atomic E-state index is 13.7. The van der Waals surface area contributed by atoms with Gasteiger partial charge in [-0.15, -0.1) is 0 Å². The number of aryl methyl sites for hydroxylation is 1. The van der Waals surface area contributed by atoms with Crippen LogP contribution in [0.2, 0.25) is 0 Å². The lowest BCUT2D eigenvalue weighted by atomic mass is 9.90. The summed E-state index contributed by atoms with van der Waals surface area (Å²) in [4.78, 5) is 27.5. The van der Waals surface area contributed by atoms with Gasteiger partial charge in [0.1, 0.15) is 6.42 Å². The van der Waals surface area contributed by atoms with Gasteiger partial charge < -0.3 is 4.74 Å². The van der Waals surface area contributed by atoms with E-state index in [2.05, 4.69) is 18.2 Å². The van der Waals surface area contributed by atoms with E-state index in [1.54, 1.807) is 11.0 Å². The molecule has 5 heteroatoms. The van der Waals surface area contributed by atoms with Crippen LogP contribution in [-0.4, -0.2) is 19.0 Å². The van der Waals surface area contributed by atoms with Gasteiger partial charge in [-0.2, -0.15) is 5.26 Å². The summed E-state index contributed by atoms with van der Waals surface area (Å²) in [5, 5.41) is 9.60. The van der Waals surface area contributed by atoms with Crippen LogP contribution >= 0.6 is 0 Å². The SMILES string of the molecule is COC(=O)CC(=O)N(c1cccc(-c2ccccc2)c1)c1ccc2c(c1C)CCc1ccccc1C2=CC#N. The largest absolute Gasteiger partial charge is 0.469 e. The van der Waals surface area contributed by atoms with Gasteiger partial charge in [0.2, 0.25) is 5.91 Å². The van der Waals surface area contributed by atoms with Gasteiger partial charge in [0.05, 0.1) is 18.9 Å². The van der Waals surface area contributed by atoms with E-state index in [-0.39, 0.29) is 12.3 Å². The minimum absolute atomic E-state index is 0.375. The first-order valence-corrected chi connectivity index (χ1v) is 12.9. The molecular weight excluding hydrogens is 484 g/mol. The van der Waals surface area contributed by atoms with E-state index < -0.39 is 5.97 Å². The molecule has 1 amide bonds. The number of allylic oxidation sites excluding steroid dienone is 1. The fourth-order valence-electron chi connectivity index (χ4n) is 5.33. The van der Waals surface area contributed by atoms with Crippen molar-refractivity contribution in [2.24, 2.45) is 0 Å². The number of esters is 1. The second-order valence-corrected chi connectivity index (χ2v) is 9.48. The number of amides is 1. The van der Waals surface area contributed by atoms with Gasteiger partial charge >= 0.3 is 5.97 Å². The molecule has 0 aromatic heterocycles. The Morgan fingerprint density at radius 1 is 0.897 bits per heavy atom. The summed E-state index contributed by atoms with van der Waals surface area (Å²) >= 11 is 0. The number of nitrogens with zero attached hydrogens (tertiary/aromatic N) is 2. The molecule has 1 aliphatic carbocycles. The number of hydrogen-bond donors (Lipinski definition) is 0. The fourth-order valence-corrected chi connectivity index (χ4v) is 5.33. The first-order valence-electron chi connectivity index (χ1n) is 12.9. The molecule has 192 valence electrons. The Labute approximate surface area is 228 Å². The van der Waals surface area contributed by atoms with Crippen molar-refractivity contribution < 1.29 is 14.3 Å². The molecule has 1 aliphatic rings. The maximum Gasteiger partial charge on any atom is 0.315 e. The molecule has 0 spiro atoms. The Morgan fingerprint density at radius 3 is 2.41 bits per heavy atom. The van der Waals surface area contributed by atoms with Gasteiger partial charge in [-0.1, -0.05) is 72.8 Å². The summed E-state index contributed by atoms with van der Waals surface area (Å²) in [7, 11) is 1.28.